The van der Waals surface area contributed by atoms with Gasteiger partial charge in [0.15, 0.2) is 0 Å². The van der Waals surface area contributed by atoms with Gasteiger partial charge in [-0.1, -0.05) is 12.5 Å². The SMILES string of the molecule is O=C(Nc1ccc2c(c1)CCN(C1CCC1)CC2)c1cc(-c2cccnc2)n[nH]1. The van der Waals surface area contributed by atoms with Crippen LogP contribution in [0.3, 0.4) is 0 Å². The van der Waals surface area contributed by atoms with Crippen LogP contribution in [-0.4, -0.2) is 45.1 Å². The van der Waals surface area contributed by atoms with Crippen LogP contribution in [0.25, 0.3) is 11.3 Å². The Balaban J connectivity index is 1.27. The molecule has 0 atom stereocenters. The van der Waals surface area contributed by atoms with Crippen LogP contribution in [0.15, 0.2) is 48.8 Å². The average Bonchev–Trinajstić information content (AvgIpc) is 3.12. The second-order valence-electron chi connectivity index (χ2n) is 7.97. The molecule has 1 fully saturated rings. The minimum atomic E-state index is -0.183. The first-order chi connectivity index (χ1) is 14.3. The predicted molar refractivity (Wildman–Crippen MR) is 113 cm³/mol. The number of benzene rings is 1. The number of anilines is 1. The second kappa shape index (κ2) is 7.79. The van der Waals surface area contributed by atoms with Gasteiger partial charge in [-0.2, -0.15) is 5.10 Å². The van der Waals surface area contributed by atoms with Gasteiger partial charge in [0.2, 0.25) is 0 Å². The quantitative estimate of drug-likeness (QED) is 0.716. The van der Waals surface area contributed by atoms with Crippen LogP contribution in [0.4, 0.5) is 5.69 Å². The highest BCUT2D eigenvalue weighted by molar-refractivity contribution is 6.03. The summed E-state index contributed by atoms with van der Waals surface area (Å²) in [5, 5.41) is 10.1. The molecule has 3 heterocycles. The van der Waals surface area contributed by atoms with Crippen LogP contribution in [0.1, 0.15) is 40.9 Å². The van der Waals surface area contributed by atoms with Crippen molar-refractivity contribution in [2.45, 2.75) is 38.1 Å². The van der Waals surface area contributed by atoms with Crippen molar-refractivity contribution in [3.05, 3.63) is 65.6 Å². The number of nitrogens with one attached hydrogen (secondary N) is 2. The molecular weight excluding hydrogens is 362 g/mol. The maximum atomic E-state index is 12.7. The molecule has 0 unspecified atom stereocenters. The summed E-state index contributed by atoms with van der Waals surface area (Å²) in [6, 6.07) is 12.6. The lowest BCUT2D eigenvalue weighted by atomic mass is 9.91. The monoisotopic (exact) mass is 387 g/mol. The van der Waals surface area contributed by atoms with E-state index in [0.717, 1.165) is 43.2 Å². The van der Waals surface area contributed by atoms with Gasteiger partial charge in [-0.25, -0.2) is 0 Å². The van der Waals surface area contributed by atoms with Gasteiger partial charge in [0, 0.05) is 42.8 Å². The zero-order chi connectivity index (χ0) is 19.6. The van der Waals surface area contributed by atoms with Crippen LogP contribution in [-0.2, 0) is 12.8 Å². The normalized spacial score (nSPS) is 17.2. The summed E-state index contributed by atoms with van der Waals surface area (Å²) in [6.45, 7) is 2.26. The Morgan fingerprint density at radius 1 is 1.10 bits per heavy atom. The number of aromatic amines is 1. The Kier molecular flexibility index (Phi) is 4.86. The van der Waals surface area contributed by atoms with Gasteiger partial charge in [-0.15, -0.1) is 0 Å². The highest BCUT2D eigenvalue weighted by Gasteiger charge is 2.26. The van der Waals surface area contributed by atoms with Crippen molar-refractivity contribution >= 4 is 11.6 Å². The van der Waals surface area contributed by atoms with E-state index >= 15 is 0 Å². The molecule has 1 saturated carbocycles. The highest BCUT2D eigenvalue weighted by atomic mass is 16.1. The fourth-order valence-corrected chi connectivity index (χ4v) is 4.24. The molecule has 5 rings (SSSR count). The molecule has 1 aromatic carbocycles. The number of carbonyl (C=O) groups is 1. The summed E-state index contributed by atoms with van der Waals surface area (Å²) < 4.78 is 0. The van der Waals surface area contributed by atoms with Crippen LogP contribution in [0.5, 0.6) is 0 Å². The first-order valence-electron chi connectivity index (χ1n) is 10.4. The predicted octanol–water partition coefficient (Wildman–Crippen LogP) is 3.68. The smallest absolute Gasteiger partial charge is 0.273 e. The van der Waals surface area contributed by atoms with E-state index in [2.05, 4.69) is 37.5 Å². The topological polar surface area (TPSA) is 73.9 Å². The number of rotatable bonds is 4. The third-order valence-electron chi connectivity index (χ3n) is 6.17. The lowest BCUT2D eigenvalue weighted by Gasteiger charge is -2.36. The molecule has 6 nitrogen and oxygen atoms in total. The molecule has 6 heteroatoms. The third kappa shape index (κ3) is 3.80. The molecule has 2 N–H and O–H groups in total. The van der Waals surface area contributed by atoms with Crippen LogP contribution >= 0.6 is 0 Å². The first kappa shape index (κ1) is 18.1. The molecule has 2 aliphatic rings. The van der Waals surface area contributed by atoms with E-state index < -0.39 is 0 Å². The number of fused-ring (bicyclic) bond motifs is 1. The van der Waals surface area contributed by atoms with Gasteiger partial charge in [0.1, 0.15) is 5.69 Å². The van der Waals surface area contributed by atoms with Crippen molar-refractivity contribution in [1.29, 1.82) is 0 Å². The molecule has 2 aromatic heterocycles. The van der Waals surface area contributed by atoms with E-state index in [0.29, 0.717) is 11.4 Å². The Hall–Kier alpha value is -2.99. The number of amides is 1. The van der Waals surface area contributed by atoms with Crippen molar-refractivity contribution < 1.29 is 4.79 Å². The van der Waals surface area contributed by atoms with Gasteiger partial charge >= 0.3 is 0 Å². The van der Waals surface area contributed by atoms with Crippen LogP contribution in [0.2, 0.25) is 0 Å². The molecule has 0 radical (unpaired) electrons. The van der Waals surface area contributed by atoms with E-state index in [1.54, 1.807) is 18.5 Å². The number of H-pyrrole nitrogens is 1. The largest absolute Gasteiger partial charge is 0.321 e. The number of pyridine rings is 1. The molecule has 3 aromatic rings. The minimum Gasteiger partial charge on any atom is -0.321 e. The summed E-state index contributed by atoms with van der Waals surface area (Å²) in [5.74, 6) is -0.183. The Morgan fingerprint density at radius 2 is 1.97 bits per heavy atom. The zero-order valence-electron chi connectivity index (χ0n) is 16.4. The fourth-order valence-electron chi connectivity index (χ4n) is 4.24. The Morgan fingerprint density at radius 3 is 2.72 bits per heavy atom. The van der Waals surface area contributed by atoms with Crippen molar-refractivity contribution in [2.75, 3.05) is 18.4 Å². The zero-order valence-corrected chi connectivity index (χ0v) is 16.4. The van der Waals surface area contributed by atoms with Gasteiger partial charge < -0.3 is 5.32 Å². The van der Waals surface area contributed by atoms with E-state index in [4.69, 9.17) is 0 Å². The summed E-state index contributed by atoms with van der Waals surface area (Å²) in [7, 11) is 0. The van der Waals surface area contributed by atoms with Crippen LogP contribution in [0, 0.1) is 0 Å². The Bertz CT molecular complexity index is 1010. The number of carbonyl (C=O) groups excluding carboxylic acids is 1. The van der Waals surface area contributed by atoms with E-state index in [1.807, 2.05) is 18.2 Å². The van der Waals surface area contributed by atoms with Crippen molar-refractivity contribution in [2.24, 2.45) is 0 Å². The molecule has 29 heavy (non-hydrogen) atoms. The van der Waals surface area contributed by atoms with E-state index in [1.165, 1.54) is 30.4 Å². The van der Waals surface area contributed by atoms with Crippen LogP contribution < -0.4 is 5.32 Å². The number of nitrogens with zero attached hydrogens (tertiary/aromatic N) is 3. The fraction of sp³-hybridized carbons (Fsp3) is 0.348. The van der Waals surface area contributed by atoms with E-state index in [-0.39, 0.29) is 5.91 Å². The van der Waals surface area contributed by atoms with Crippen molar-refractivity contribution in [1.82, 2.24) is 20.1 Å². The van der Waals surface area contributed by atoms with Gasteiger partial charge in [0.05, 0.1) is 5.69 Å². The molecule has 1 amide bonds. The molecular formula is C23H25N5O. The van der Waals surface area contributed by atoms with Gasteiger partial charge in [0.25, 0.3) is 5.91 Å². The summed E-state index contributed by atoms with van der Waals surface area (Å²) >= 11 is 0. The average molecular weight is 387 g/mol. The maximum absolute atomic E-state index is 12.7. The molecule has 0 saturated heterocycles. The molecule has 148 valence electrons. The number of hydrogen-bond acceptors (Lipinski definition) is 4. The number of aromatic nitrogens is 3. The summed E-state index contributed by atoms with van der Waals surface area (Å²) in [6.07, 6.45) is 9.66. The summed E-state index contributed by atoms with van der Waals surface area (Å²) in [4.78, 5) is 19.4. The lowest BCUT2D eigenvalue weighted by molar-refractivity contribution is 0.102. The molecule has 1 aliphatic heterocycles. The maximum Gasteiger partial charge on any atom is 0.273 e. The van der Waals surface area contributed by atoms with Gasteiger partial charge in [-0.3, -0.25) is 19.8 Å². The van der Waals surface area contributed by atoms with Crippen molar-refractivity contribution in [3.63, 3.8) is 0 Å². The first-order valence-corrected chi connectivity index (χ1v) is 10.4. The standard InChI is InChI=1S/C23H25N5O/c29-23(22-14-21(26-27-22)18-3-2-10-24-15-18)25-19-7-6-16-8-11-28(20-4-1-5-20)12-9-17(16)13-19/h2-3,6-7,10,13-15,20H,1,4-5,8-9,11-12H2,(H,25,29)(H,26,27). The second-order valence-corrected chi connectivity index (χ2v) is 7.97. The molecule has 0 bridgehead atoms. The van der Waals surface area contributed by atoms with Crippen molar-refractivity contribution in [3.8, 4) is 11.3 Å². The van der Waals surface area contributed by atoms with E-state index in [9.17, 15) is 4.79 Å². The number of hydrogen-bond donors (Lipinski definition) is 2. The molecule has 1 aliphatic carbocycles. The minimum absolute atomic E-state index is 0.183. The molecule has 0 spiro atoms. The van der Waals surface area contributed by atoms with Gasteiger partial charge in [-0.05, 0) is 67.1 Å². The lowest BCUT2D eigenvalue weighted by Crippen LogP contribution is -2.41. The highest BCUT2D eigenvalue weighted by Crippen LogP contribution is 2.28. The Labute approximate surface area is 170 Å². The summed E-state index contributed by atoms with van der Waals surface area (Å²) in [5.41, 5.74) is 5.62. The third-order valence-corrected chi connectivity index (χ3v) is 6.17.